The first kappa shape index (κ1) is 21.7. The molecule has 0 amide bonds. The van der Waals surface area contributed by atoms with E-state index in [9.17, 15) is 20.1 Å². The topological polar surface area (TPSA) is 109 Å². The predicted octanol–water partition coefficient (Wildman–Crippen LogP) is 1.42. The van der Waals surface area contributed by atoms with E-state index >= 15 is 0 Å². The van der Waals surface area contributed by atoms with Gasteiger partial charge < -0.3 is 29.5 Å². The third kappa shape index (κ3) is 3.02. The number of carbonyl (C=O) groups is 1. The van der Waals surface area contributed by atoms with E-state index in [1.54, 1.807) is 0 Å². The Kier molecular flexibility index (Phi) is 5.48. The highest BCUT2D eigenvalue weighted by molar-refractivity contribution is 5.82. The molecular formula is C23H32O7. The lowest BCUT2D eigenvalue weighted by atomic mass is 9.51. The Balaban J connectivity index is 1.55. The summed E-state index contributed by atoms with van der Waals surface area (Å²) in [7, 11) is 0. The Hall–Kier alpha value is -1.51. The number of aliphatic hydroxyl groups excluding tert-OH is 3. The maximum atomic E-state index is 12.5. The predicted molar refractivity (Wildman–Crippen MR) is 108 cm³/mol. The van der Waals surface area contributed by atoms with Crippen LogP contribution in [0.2, 0.25) is 0 Å². The van der Waals surface area contributed by atoms with Crippen molar-refractivity contribution in [3.05, 3.63) is 36.0 Å². The Morgan fingerprint density at radius 3 is 2.77 bits per heavy atom. The van der Waals surface area contributed by atoms with E-state index in [2.05, 4.69) is 19.9 Å². The lowest BCUT2D eigenvalue weighted by Crippen LogP contribution is -2.66. The van der Waals surface area contributed by atoms with Crippen molar-refractivity contribution in [3.63, 3.8) is 0 Å². The summed E-state index contributed by atoms with van der Waals surface area (Å²) in [5.41, 5.74) is -0.378. The van der Waals surface area contributed by atoms with Gasteiger partial charge in [-0.15, -0.1) is 0 Å². The fourth-order valence-electron chi connectivity index (χ4n) is 5.82. The lowest BCUT2D eigenvalue weighted by molar-refractivity contribution is -0.228. The highest BCUT2D eigenvalue weighted by atomic mass is 16.6. The molecule has 4 aliphatic rings. The van der Waals surface area contributed by atoms with Crippen molar-refractivity contribution in [3.8, 4) is 0 Å². The number of epoxide rings is 1. The number of ether oxygens (including phenoxy) is 3. The van der Waals surface area contributed by atoms with Crippen LogP contribution in [0, 0.1) is 10.8 Å². The largest absolute Gasteiger partial charge is 0.458 e. The number of hydrogen-bond acceptors (Lipinski definition) is 7. The first-order valence-corrected chi connectivity index (χ1v) is 10.7. The Labute approximate surface area is 177 Å². The number of esters is 1. The second-order valence-corrected chi connectivity index (χ2v) is 9.39. The molecule has 1 spiro atoms. The molecule has 2 bridgehead atoms. The normalized spacial score (nSPS) is 44.2. The number of carbonyl (C=O) groups excluding carboxylic acids is 1. The van der Waals surface area contributed by atoms with E-state index in [1.165, 1.54) is 36.8 Å². The van der Waals surface area contributed by atoms with Crippen LogP contribution in [0.25, 0.3) is 0 Å². The second-order valence-electron chi connectivity index (χ2n) is 9.39. The summed E-state index contributed by atoms with van der Waals surface area (Å²) in [6, 6.07) is 0. The molecule has 0 aromatic carbocycles. The van der Waals surface area contributed by atoms with E-state index < -0.39 is 40.7 Å². The van der Waals surface area contributed by atoms with Crippen molar-refractivity contribution in [2.24, 2.45) is 10.8 Å². The Morgan fingerprint density at radius 1 is 1.40 bits per heavy atom. The number of rotatable bonds is 6. The van der Waals surface area contributed by atoms with Gasteiger partial charge in [0.2, 0.25) is 0 Å². The summed E-state index contributed by atoms with van der Waals surface area (Å²) in [4.78, 5) is 12.5. The van der Waals surface area contributed by atoms with Gasteiger partial charge in [0, 0.05) is 23.3 Å². The van der Waals surface area contributed by atoms with Crippen molar-refractivity contribution < 1.29 is 34.3 Å². The van der Waals surface area contributed by atoms with Crippen molar-refractivity contribution in [2.75, 3.05) is 13.2 Å². The van der Waals surface area contributed by atoms with Crippen LogP contribution >= 0.6 is 0 Å². The fourth-order valence-corrected chi connectivity index (χ4v) is 5.82. The van der Waals surface area contributed by atoms with Crippen molar-refractivity contribution >= 4 is 5.97 Å². The minimum absolute atomic E-state index is 0.0559. The average Bonchev–Trinajstić information content (AvgIpc) is 3.48. The lowest BCUT2D eigenvalue weighted by Gasteiger charge is -2.58. The van der Waals surface area contributed by atoms with Gasteiger partial charge in [-0.05, 0) is 26.7 Å². The van der Waals surface area contributed by atoms with E-state index in [0.717, 1.165) is 12.8 Å². The van der Waals surface area contributed by atoms with E-state index in [1.807, 2.05) is 0 Å². The third-order valence-electron chi connectivity index (χ3n) is 7.90. The molecule has 2 aliphatic carbocycles. The number of hydrogen-bond donors (Lipinski definition) is 3. The fraction of sp³-hybridized carbons (Fsp3) is 0.696. The second kappa shape index (κ2) is 7.57. The molecule has 3 N–H and O–H groups in total. The molecule has 2 saturated heterocycles. The van der Waals surface area contributed by atoms with Crippen LogP contribution in [0.15, 0.2) is 36.0 Å². The molecule has 4 rings (SSSR count). The zero-order valence-electron chi connectivity index (χ0n) is 17.8. The van der Waals surface area contributed by atoms with Crippen LogP contribution in [0.4, 0.5) is 0 Å². The molecule has 7 heteroatoms. The number of fused-ring (bicyclic) bond motifs is 2. The Bertz CT molecular complexity index is 780. The smallest absolute Gasteiger partial charge is 0.331 e. The first-order chi connectivity index (χ1) is 14.2. The van der Waals surface area contributed by atoms with Gasteiger partial charge in [-0.1, -0.05) is 36.8 Å². The molecule has 2 heterocycles. The maximum Gasteiger partial charge on any atom is 0.331 e. The summed E-state index contributed by atoms with van der Waals surface area (Å²) < 4.78 is 18.3. The summed E-state index contributed by atoms with van der Waals surface area (Å²) in [6.07, 6.45) is 7.27. The third-order valence-corrected chi connectivity index (χ3v) is 7.90. The monoisotopic (exact) mass is 420 g/mol. The first-order valence-electron chi connectivity index (χ1n) is 10.7. The van der Waals surface area contributed by atoms with Crippen LogP contribution in [-0.2, 0) is 19.0 Å². The van der Waals surface area contributed by atoms with Crippen LogP contribution in [0.5, 0.6) is 0 Å². The van der Waals surface area contributed by atoms with Crippen LogP contribution < -0.4 is 0 Å². The standard InChI is InChI=1S/C23H32O7/c1-14-8-9-22(12-24)18(10-14)29-19-11-17(21(22,3)23(19)13-28-23)30-20(27)7-5-4-6-16(26)15(2)25/h4-7,10,15-19,24-26H,8-9,11-13H2,1-3H3. The molecule has 3 fully saturated rings. The van der Waals surface area contributed by atoms with Crippen LogP contribution in [0.3, 0.4) is 0 Å². The number of allylic oxidation sites excluding steroid dienone is 3. The van der Waals surface area contributed by atoms with E-state index in [0.29, 0.717) is 13.0 Å². The molecule has 2 aliphatic heterocycles. The molecule has 0 aromatic rings. The van der Waals surface area contributed by atoms with Gasteiger partial charge in [-0.3, -0.25) is 0 Å². The van der Waals surface area contributed by atoms with Gasteiger partial charge in [-0.25, -0.2) is 4.79 Å². The molecule has 0 radical (unpaired) electrons. The van der Waals surface area contributed by atoms with E-state index in [4.69, 9.17) is 14.2 Å². The Morgan fingerprint density at radius 2 is 2.13 bits per heavy atom. The highest BCUT2D eigenvalue weighted by Crippen LogP contribution is 2.71. The molecule has 8 atom stereocenters. The van der Waals surface area contributed by atoms with Crippen molar-refractivity contribution in [1.82, 2.24) is 0 Å². The zero-order chi connectivity index (χ0) is 21.7. The molecular weight excluding hydrogens is 388 g/mol. The quantitative estimate of drug-likeness (QED) is 0.196. The summed E-state index contributed by atoms with van der Waals surface area (Å²) >= 11 is 0. The molecule has 0 aromatic heterocycles. The SMILES string of the molecule is CC1=CC2OC3CC(OC(=O)C=CC=CC(O)C(C)O)C(C)(C2(CO)CC1)C31CO1. The van der Waals surface area contributed by atoms with Gasteiger partial charge in [0.15, 0.2) is 0 Å². The van der Waals surface area contributed by atoms with Gasteiger partial charge in [-0.2, -0.15) is 0 Å². The van der Waals surface area contributed by atoms with Gasteiger partial charge in [0.05, 0.1) is 37.6 Å². The van der Waals surface area contributed by atoms with Crippen LogP contribution in [-0.4, -0.2) is 70.6 Å². The van der Waals surface area contributed by atoms with Gasteiger partial charge in [0.1, 0.15) is 11.7 Å². The van der Waals surface area contributed by atoms with Crippen LogP contribution in [0.1, 0.15) is 40.0 Å². The average molecular weight is 421 g/mol. The van der Waals surface area contributed by atoms with Gasteiger partial charge in [0.25, 0.3) is 0 Å². The minimum atomic E-state index is -0.994. The van der Waals surface area contributed by atoms with Crippen molar-refractivity contribution in [1.29, 1.82) is 0 Å². The molecule has 8 unspecified atom stereocenters. The highest BCUT2D eigenvalue weighted by Gasteiger charge is 2.82. The molecule has 30 heavy (non-hydrogen) atoms. The minimum Gasteiger partial charge on any atom is -0.458 e. The van der Waals surface area contributed by atoms with Gasteiger partial charge >= 0.3 is 5.97 Å². The zero-order valence-corrected chi connectivity index (χ0v) is 17.8. The molecule has 166 valence electrons. The summed E-state index contributed by atoms with van der Waals surface area (Å²) in [5.74, 6) is -0.493. The maximum absolute atomic E-state index is 12.5. The molecule has 1 saturated carbocycles. The summed E-state index contributed by atoms with van der Waals surface area (Å²) in [6.45, 7) is 6.14. The summed E-state index contributed by atoms with van der Waals surface area (Å²) in [5, 5.41) is 29.4. The molecule has 7 nitrogen and oxygen atoms in total. The van der Waals surface area contributed by atoms with Crippen molar-refractivity contribution in [2.45, 2.75) is 76.2 Å². The van der Waals surface area contributed by atoms with E-state index in [-0.39, 0.29) is 18.8 Å². The number of aliphatic hydroxyl groups is 3.